The van der Waals surface area contributed by atoms with Gasteiger partial charge in [-0.3, -0.25) is 10.1 Å². The van der Waals surface area contributed by atoms with Crippen molar-refractivity contribution in [3.05, 3.63) is 21.1 Å². The Morgan fingerprint density at radius 2 is 2.15 bits per heavy atom. The van der Waals surface area contributed by atoms with Crippen LogP contribution in [0, 0.1) is 15.5 Å². The van der Waals surface area contributed by atoms with Gasteiger partial charge in [0.1, 0.15) is 0 Å². The van der Waals surface area contributed by atoms with Crippen molar-refractivity contribution in [2.45, 2.75) is 46.1 Å². The second-order valence-electron chi connectivity index (χ2n) is 6.28. The molecule has 0 unspecified atom stereocenters. The number of rotatable bonds is 3. The first kappa shape index (κ1) is 15.3. The van der Waals surface area contributed by atoms with Crippen LogP contribution in [0.25, 0.3) is 0 Å². The SMILES string of the molecule is C[C@H](O)c1cc([N+](=O)[O-])c(N2CCCC(C)(C)CC2)s1. The van der Waals surface area contributed by atoms with Gasteiger partial charge in [0.05, 0.1) is 11.0 Å². The molecule has 5 nitrogen and oxygen atoms in total. The third kappa shape index (κ3) is 3.30. The fraction of sp³-hybridized carbons (Fsp3) is 0.714. The summed E-state index contributed by atoms with van der Waals surface area (Å²) in [6.45, 7) is 7.84. The van der Waals surface area contributed by atoms with Crippen LogP contribution in [-0.4, -0.2) is 23.1 Å². The van der Waals surface area contributed by atoms with Crippen molar-refractivity contribution in [2.75, 3.05) is 18.0 Å². The second-order valence-corrected chi connectivity index (χ2v) is 7.34. The number of thiophene rings is 1. The fourth-order valence-corrected chi connectivity index (χ4v) is 3.69. The Balaban J connectivity index is 2.29. The van der Waals surface area contributed by atoms with Gasteiger partial charge in [-0.05, 0) is 31.6 Å². The Kier molecular flexibility index (Phi) is 4.34. The van der Waals surface area contributed by atoms with Crippen LogP contribution >= 0.6 is 11.3 Å². The Hall–Kier alpha value is -1.14. The molecule has 2 heterocycles. The van der Waals surface area contributed by atoms with Gasteiger partial charge in [0.15, 0.2) is 5.00 Å². The average Bonchev–Trinajstić information content (AvgIpc) is 2.71. The summed E-state index contributed by atoms with van der Waals surface area (Å²) in [5.41, 5.74) is 0.430. The standard InChI is InChI=1S/C14H22N2O3S/c1-10(17)12-9-11(16(18)19)13(20-12)15-7-4-5-14(2,3)6-8-15/h9-10,17H,4-8H2,1-3H3/t10-/m0/s1. The maximum Gasteiger partial charge on any atom is 0.304 e. The van der Waals surface area contributed by atoms with Crippen molar-refractivity contribution in [1.82, 2.24) is 0 Å². The van der Waals surface area contributed by atoms with E-state index in [-0.39, 0.29) is 10.6 Å². The van der Waals surface area contributed by atoms with E-state index in [4.69, 9.17) is 0 Å². The number of aliphatic hydroxyl groups excluding tert-OH is 1. The van der Waals surface area contributed by atoms with Gasteiger partial charge in [-0.25, -0.2) is 0 Å². The largest absolute Gasteiger partial charge is 0.388 e. The van der Waals surface area contributed by atoms with Crippen LogP contribution in [0.2, 0.25) is 0 Å². The number of hydrogen-bond acceptors (Lipinski definition) is 5. The summed E-state index contributed by atoms with van der Waals surface area (Å²) in [7, 11) is 0. The zero-order valence-corrected chi connectivity index (χ0v) is 13.1. The lowest BCUT2D eigenvalue weighted by molar-refractivity contribution is -0.383. The summed E-state index contributed by atoms with van der Waals surface area (Å²) >= 11 is 1.35. The summed E-state index contributed by atoms with van der Waals surface area (Å²) in [5.74, 6) is 0. The van der Waals surface area contributed by atoms with E-state index in [1.807, 2.05) is 0 Å². The molecule has 0 amide bonds. The minimum atomic E-state index is -0.657. The summed E-state index contributed by atoms with van der Waals surface area (Å²) < 4.78 is 0. The van der Waals surface area contributed by atoms with Crippen LogP contribution in [-0.2, 0) is 0 Å². The molecule has 1 aromatic rings. The van der Waals surface area contributed by atoms with Crippen molar-refractivity contribution < 1.29 is 10.0 Å². The van der Waals surface area contributed by atoms with Crippen LogP contribution in [0.4, 0.5) is 10.7 Å². The topological polar surface area (TPSA) is 66.6 Å². The molecule has 20 heavy (non-hydrogen) atoms. The maximum absolute atomic E-state index is 11.2. The van der Waals surface area contributed by atoms with Crippen LogP contribution in [0.5, 0.6) is 0 Å². The molecule has 1 atom stereocenters. The quantitative estimate of drug-likeness (QED) is 0.682. The molecule has 1 aromatic heterocycles. The first-order valence-corrected chi connectivity index (χ1v) is 7.83. The van der Waals surface area contributed by atoms with Gasteiger partial charge >= 0.3 is 5.69 Å². The van der Waals surface area contributed by atoms with Gasteiger partial charge in [0, 0.05) is 24.0 Å². The first-order valence-electron chi connectivity index (χ1n) is 7.01. The Labute approximate surface area is 123 Å². The lowest BCUT2D eigenvalue weighted by Crippen LogP contribution is -2.24. The third-order valence-electron chi connectivity index (χ3n) is 3.95. The molecule has 1 N–H and O–H groups in total. The molecule has 1 fully saturated rings. The van der Waals surface area contributed by atoms with Gasteiger partial charge in [-0.2, -0.15) is 0 Å². The van der Waals surface area contributed by atoms with Gasteiger partial charge < -0.3 is 10.0 Å². The zero-order chi connectivity index (χ0) is 14.9. The lowest BCUT2D eigenvalue weighted by atomic mass is 9.85. The molecule has 0 spiro atoms. The van der Waals surface area contributed by atoms with Crippen LogP contribution in [0.1, 0.15) is 51.0 Å². The van der Waals surface area contributed by atoms with Crippen molar-refractivity contribution >= 4 is 22.0 Å². The molecule has 0 aromatic carbocycles. The molecule has 1 saturated heterocycles. The first-order chi connectivity index (χ1) is 9.30. The molecule has 112 valence electrons. The van der Waals surface area contributed by atoms with E-state index in [1.54, 1.807) is 6.92 Å². The molecule has 6 heteroatoms. The molecule has 0 aliphatic carbocycles. The smallest absolute Gasteiger partial charge is 0.304 e. The molecule has 0 bridgehead atoms. The highest BCUT2D eigenvalue weighted by molar-refractivity contribution is 7.16. The number of hydrogen-bond donors (Lipinski definition) is 1. The summed E-state index contributed by atoms with van der Waals surface area (Å²) in [6, 6.07) is 1.51. The summed E-state index contributed by atoms with van der Waals surface area (Å²) in [4.78, 5) is 13.7. The van der Waals surface area contributed by atoms with Crippen LogP contribution < -0.4 is 4.90 Å². The number of anilines is 1. The van der Waals surface area contributed by atoms with E-state index in [1.165, 1.54) is 17.4 Å². The van der Waals surface area contributed by atoms with Crippen molar-refractivity contribution in [3.63, 3.8) is 0 Å². The van der Waals surface area contributed by atoms with Gasteiger partial charge in [0.2, 0.25) is 0 Å². The van der Waals surface area contributed by atoms with Crippen LogP contribution in [0.3, 0.4) is 0 Å². The van der Waals surface area contributed by atoms with E-state index in [9.17, 15) is 15.2 Å². The minimum absolute atomic E-state index is 0.130. The van der Waals surface area contributed by atoms with Crippen molar-refractivity contribution in [1.29, 1.82) is 0 Å². The number of nitro groups is 1. The van der Waals surface area contributed by atoms with E-state index in [0.717, 1.165) is 32.4 Å². The van der Waals surface area contributed by atoms with E-state index in [0.29, 0.717) is 15.3 Å². The third-order valence-corrected chi connectivity index (χ3v) is 5.30. The predicted molar refractivity (Wildman–Crippen MR) is 81.5 cm³/mol. The Morgan fingerprint density at radius 3 is 2.75 bits per heavy atom. The molecule has 2 rings (SSSR count). The van der Waals surface area contributed by atoms with E-state index >= 15 is 0 Å². The van der Waals surface area contributed by atoms with Crippen molar-refractivity contribution in [2.24, 2.45) is 5.41 Å². The average molecular weight is 298 g/mol. The highest BCUT2D eigenvalue weighted by Gasteiger charge is 2.29. The summed E-state index contributed by atoms with van der Waals surface area (Å²) in [5, 5.41) is 21.6. The molecule has 1 aliphatic rings. The minimum Gasteiger partial charge on any atom is -0.388 e. The van der Waals surface area contributed by atoms with E-state index in [2.05, 4.69) is 18.7 Å². The predicted octanol–water partition coefficient (Wildman–Crippen LogP) is 3.73. The number of aliphatic hydroxyl groups is 1. The zero-order valence-electron chi connectivity index (χ0n) is 12.3. The number of nitrogens with zero attached hydrogens (tertiary/aromatic N) is 2. The Bertz CT molecular complexity index is 497. The summed E-state index contributed by atoms with van der Waals surface area (Å²) in [6.07, 6.45) is 2.57. The van der Waals surface area contributed by atoms with Gasteiger partial charge in [-0.1, -0.05) is 13.8 Å². The molecular formula is C14H22N2O3S. The highest BCUT2D eigenvalue weighted by atomic mass is 32.1. The monoisotopic (exact) mass is 298 g/mol. The lowest BCUT2D eigenvalue weighted by Gasteiger charge is -2.23. The van der Waals surface area contributed by atoms with Gasteiger partial charge in [-0.15, -0.1) is 11.3 Å². The highest BCUT2D eigenvalue weighted by Crippen LogP contribution is 2.42. The molecule has 0 radical (unpaired) electrons. The van der Waals surface area contributed by atoms with Crippen molar-refractivity contribution in [3.8, 4) is 0 Å². The van der Waals surface area contributed by atoms with Gasteiger partial charge in [0.25, 0.3) is 0 Å². The normalized spacial score (nSPS) is 20.5. The van der Waals surface area contributed by atoms with E-state index < -0.39 is 6.10 Å². The second kappa shape index (κ2) is 5.69. The molecule has 1 aliphatic heterocycles. The Morgan fingerprint density at radius 1 is 1.45 bits per heavy atom. The maximum atomic E-state index is 11.2. The van der Waals surface area contributed by atoms with Crippen LogP contribution in [0.15, 0.2) is 6.07 Å². The fourth-order valence-electron chi connectivity index (χ4n) is 2.58. The molecule has 0 saturated carbocycles. The molecular weight excluding hydrogens is 276 g/mol.